The normalized spacial score (nSPS) is 19.2. The van der Waals surface area contributed by atoms with E-state index in [4.69, 9.17) is 5.73 Å². The second kappa shape index (κ2) is 5.58. The highest BCUT2D eigenvalue weighted by Gasteiger charge is 2.20. The maximum Gasteiger partial charge on any atom is 0.00902 e. The molecule has 12 heavy (non-hydrogen) atoms. The van der Waals surface area contributed by atoms with Gasteiger partial charge in [-0.15, -0.1) is 0 Å². The molecular formula is C11H25N. The van der Waals surface area contributed by atoms with Gasteiger partial charge in [-0.3, -0.25) is 0 Å². The third kappa shape index (κ3) is 3.57. The Morgan fingerprint density at radius 2 is 1.58 bits per heavy atom. The van der Waals surface area contributed by atoms with Crippen molar-refractivity contribution in [2.24, 2.45) is 23.5 Å². The second-order valence-electron chi connectivity index (χ2n) is 4.45. The van der Waals surface area contributed by atoms with Gasteiger partial charge in [0.25, 0.3) is 0 Å². The van der Waals surface area contributed by atoms with Crippen LogP contribution in [0.5, 0.6) is 0 Å². The SMILES string of the molecule is CCCC(C)[C@H](C)[C@@H](N)C(C)C. The van der Waals surface area contributed by atoms with Gasteiger partial charge in [-0.25, -0.2) is 0 Å². The fraction of sp³-hybridized carbons (Fsp3) is 1.00. The van der Waals surface area contributed by atoms with Crippen molar-refractivity contribution in [3.8, 4) is 0 Å². The molecule has 0 heterocycles. The highest BCUT2D eigenvalue weighted by Crippen LogP contribution is 2.22. The summed E-state index contributed by atoms with van der Waals surface area (Å²) in [5.74, 6) is 2.04. The molecule has 0 aliphatic rings. The first-order valence-electron chi connectivity index (χ1n) is 5.26. The minimum Gasteiger partial charge on any atom is -0.327 e. The molecule has 0 spiro atoms. The van der Waals surface area contributed by atoms with E-state index in [1.54, 1.807) is 0 Å². The van der Waals surface area contributed by atoms with Crippen molar-refractivity contribution in [3.05, 3.63) is 0 Å². The molecule has 1 unspecified atom stereocenters. The molecule has 1 nitrogen and oxygen atoms in total. The van der Waals surface area contributed by atoms with Gasteiger partial charge in [-0.05, 0) is 17.8 Å². The van der Waals surface area contributed by atoms with Crippen LogP contribution in [0.3, 0.4) is 0 Å². The van der Waals surface area contributed by atoms with E-state index in [0.29, 0.717) is 17.9 Å². The molecule has 0 aromatic rings. The summed E-state index contributed by atoms with van der Waals surface area (Å²) in [5.41, 5.74) is 6.09. The molecule has 0 fully saturated rings. The Morgan fingerprint density at radius 3 is 1.92 bits per heavy atom. The fourth-order valence-corrected chi connectivity index (χ4v) is 1.70. The summed E-state index contributed by atoms with van der Waals surface area (Å²) >= 11 is 0. The predicted molar refractivity (Wildman–Crippen MR) is 56.0 cm³/mol. The van der Waals surface area contributed by atoms with Gasteiger partial charge in [-0.2, -0.15) is 0 Å². The van der Waals surface area contributed by atoms with Crippen molar-refractivity contribution < 1.29 is 0 Å². The van der Waals surface area contributed by atoms with E-state index in [-0.39, 0.29) is 0 Å². The molecular weight excluding hydrogens is 146 g/mol. The lowest BCUT2D eigenvalue weighted by atomic mass is 9.82. The van der Waals surface area contributed by atoms with Gasteiger partial charge in [0.2, 0.25) is 0 Å². The summed E-state index contributed by atoms with van der Waals surface area (Å²) in [7, 11) is 0. The molecule has 2 N–H and O–H groups in total. The molecule has 0 radical (unpaired) electrons. The van der Waals surface area contributed by atoms with E-state index in [2.05, 4.69) is 34.6 Å². The lowest BCUT2D eigenvalue weighted by Crippen LogP contribution is -2.36. The molecule has 3 atom stereocenters. The van der Waals surface area contributed by atoms with Gasteiger partial charge < -0.3 is 5.73 Å². The topological polar surface area (TPSA) is 26.0 Å². The molecule has 0 aromatic heterocycles. The van der Waals surface area contributed by atoms with Crippen LogP contribution in [0, 0.1) is 17.8 Å². The first-order chi connectivity index (χ1) is 5.50. The molecule has 0 saturated carbocycles. The van der Waals surface area contributed by atoms with Crippen molar-refractivity contribution in [2.45, 2.75) is 53.5 Å². The average Bonchev–Trinajstić information content (AvgIpc) is 2.02. The third-order valence-electron chi connectivity index (χ3n) is 3.02. The van der Waals surface area contributed by atoms with Crippen molar-refractivity contribution in [1.29, 1.82) is 0 Å². The van der Waals surface area contributed by atoms with E-state index in [1.807, 2.05) is 0 Å². The third-order valence-corrected chi connectivity index (χ3v) is 3.02. The zero-order chi connectivity index (χ0) is 9.72. The van der Waals surface area contributed by atoms with E-state index >= 15 is 0 Å². The molecule has 1 heteroatoms. The van der Waals surface area contributed by atoms with Crippen LogP contribution in [-0.2, 0) is 0 Å². The highest BCUT2D eigenvalue weighted by atomic mass is 14.7. The lowest BCUT2D eigenvalue weighted by molar-refractivity contribution is 0.263. The number of rotatable bonds is 5. The summed E-state index contributed by atoms with van der Waals surface area (Å²) in [4.78, 5) is 0. The maximum atomic E-state index is 6.09. The Hall–Kier alpha value is -0.0400. The summed E-state index contributed by atoms with van der Waals surface area (Å²) in [5, 5.41) is 0. The summed E-state index contributed by atoms with van der Waals surface area (Å²) < 4.78 is 0. The molecule has 74 valence electrons. The Labute approximate surface area is 77.7 Å². The molecule has 0 amide bonds. The van der Waals surface area contributed by atoms with E-state index in [0.717, 1.165) is 5.92 Å². The second-order valence-corrected chi connectivity index (χ2v) is 4.45. The largest absolute Gasteiger partial charge is 0.327 e. The first-order valence-corrected chi connectivity index (χ1v) is 5.26. The summed E-state index contributed by atoms with van der Waals surface area (Å²) in [6.45, 7) is 11.3. The average molecular weight is 171 g/mol. The number of nitrogens with two attached hydrogens (primary N) is 1. The molecule has 0 aliphatic carbocycles. The summed E-state index contributed by atoms with van der Waals surface area (Å²) in [6, 6.07) is 0.367. The quantitative estimate of drug-likeness (QED) is 0.676. The van der Waals surface area contributed by atoms with Crippen LogP contribution in [0.2, 0.25) is 0 Å². The predicted octanol–water partition coefficient (Wildman–Crippen LogP) is 3.04. The van der Waals surface area contributed by atoms with Crippen LogP contribution in [-0.4, -0.2) is 6.04 Å². The Bertz CT molecular complexity index is 110. The Morgan fingerprint density at radius 1 is 1.08 bits per heavy atom. The first kappa shape index (κ1) is 12.0. The van der Waals surface area contributed by atoms with Crippen LogP contribution in [0.4, 0.5) is 0 Å². The van der Waals surface area contributed by atoms with Crippen molar-refractivity contribution >= 4 is 0 Å². The minimum atomic E-state index is 0.367. The molecule has 0 bridgehead atoms. The van der Waals surface area contributed by atoms with Gasteiger partial charge in [0, 0.05) is 6.04 Å². The van der Waals surface area contributed by atoms with Gasteiger partial charge in [0.1, 0.15) is 0 Å². The van der Waals surface area contributed by atoms with Crippen LogP contribution >= 0.6 is 0 Å². The number of hydrogen-bond donors (Lipinski definition) is 1. The molecule has 0 rings (SSSR count). The van der Waals surface area contributed by atoms with Gasteiger partial charge in [0.15, 0.2) is 0 Å². The Balaban J connectivity index is 3.90. The van der Waals surface area contributed by atoms with E-state index < -0.39 is 0 Å². The van der Waals surface area contributed by atoms with Gasteiger partial charge in [-0.1, -0.05) is 47.5 Å². The van der Waals surface area contributed by atoms with Crippen LogP contribution in [0.25, 0.3) is 0 Å². The zero-order valence-electron chi connectivity index (χ0n) is 9.30. The monoisotopic (exact) mass is 171 g/mol. The Kier molecular flexibility index (Phi) is 5.56. The van der Waals surface area contributed by atoms with Crippen LogP contribution in [0.15, 0.2) is 0 Å². The van der Waals surface area contributed by atoms with Crippen LogP contribution < -0.4 is 5.73 Å². The van der Waals surface area contributed by atoms with Crippen molar-refractivity contribution in [2.75, 3.05) is 0 Å². The molecule has 0 aliphatic heterocycles. The van der Waals surface area contributed by atoms with Crippen LogP contribution in [0.1, 0.15) is 47.5 Å². The molecule has 0 saturated heterocycles. The molecule has 0 aromatic carbocycles. The van der Waals surface area contributed by atoms with E-state index in [1.165, 1.54) is 12.8 Å². The van der Waals surface area contributed by atoms with E-state index in [9.17, 15) is 0 Å². The smallest absolute Gasteiger partial charge is 0.00902 e. The maximum absolute atomic E-state index is 6.09. The highest BCUT2D eigenvalue weighted by molar-refractivity contribution is 4.76. The summed E-state index contributed by atoms with van der Waals surface area (Å²) in [6.07, 6.45) is 2.58. The van der Waals surface area contributed by atoms with Gasteiger partial charge in [0.05, 0.1) is 0 Å². The zero-order valence-corrected chi connectivity index (χ0v) is 9.30. The standard InChI is InChI=1S/C11H25N/c1-6-7-9(4)10(5)11(12)8(2)3/h8-11H,6-7,12H2,1-5H3/t9?,10-,11-/m0/s1. The van der Waals surface area contributed by atoms with Crippen molar-refractivity contribution in [1.82, 2.24) is 0 Å². The van der Waals surface area contributed by atoms with Gasteiger partial charge >= 0.3 is 0 Å². The number of hydrogen-bond acceptors (Lipinski definition) is 1. The lowest BCUT2D eigenvalue weighted by Gasteiger charge is -2.28. The minimum absolute atomic E-state index is 0.367. The van der Waals surface area contributed by atoms with Crippen molar-refractivity contribution in [3.63, 3.8) is 0 Å². The fourth-order valence-electron chi connectivity index (χ4n) is 1.70.